The maximum atomic E-state index is 9.98. The van der Waals surface area contributed by atoms with E-state index in [4.69, 9.17) is 19.5 Å². The third-order valence-corrected chi connectivity index (χ3v) is 3.58. The lowest BCUT2D eigenvalue weighted by Crippen LogP contribution is -2.31. The Bertz CT molecular complexity index is 725. The van der Waals surface area contributed by atoms with Crippen molar-refractivity contribution >= 4 is 0 Å². The molecule has 0 fully saturated rings. The van der Waals surface area contributed by atoms with Crippen LogP contribution in [0.1, 0.15) is 11.1 Å². The highest BCUT2D eigenvalue weighted by Gasteiger charge is 2.14. The molecule has 0 aliphatic carbocycles. The molecule has 1 atom stereocenters. The molecule has 2 aromatic carbocycles. The molecule has 1 aliphatic heterocycles. The van der Waals surface area contributed by atoms with E-state index in [0.29, 0.717) is 35.9 Å². The maximum Gasteiger partial charge on any atom is 0.231 e. The normalized spacial score (nSPS) is 13.3. The Hall–Kier alpha value is -2.75. The summed E-state index contributed by atoms with van der Waals surface area (Å²) in [5.41, 5.74) is 1.69. The Morgan fingerprint density at radius 1 is 1.17 bits per heavy atom. The van der Waals surface area contributed by atoms with Crippen LogP contribution in [0.3, 0.4) is 0 Å². The second kappa shape index (κ2) is 7.68. The number of hydrogen-bond acceptors (Lipinski definition) is 6. The molecule has 0 saturated carbocycles. The number of nitriles is 1. The summed E-state index contributed by atoms with van der Waals surface area (Å²) in [6, 6.07) is 14.7. The van der Waals surface area contributed by atoms with E-state index in [9.17, 15) is 5.11 Å². The number of nitrogens with one attached hydrogen (secondary N) is 1. The lowest BCUT2D eigenvalue weighted by Gasteiger charge is -2.13. The number of fused-ring (bicyclic) bond motifs is 1. The minimum absolute atomic E-state index is 0.181. The Labute approximate surface area is 140 Å². The number of ether oxygens (including phenoxy) is 3. The smallest absolute Gasteiger partial charge is 0.231 e. The number of aliphatic hydroxyl groups is 1. The van der Waals surface area contributed by atoms with Gasteiger partial charge >= 0.3 is 0 Å². The molecule has 1 aliphatic rings. The summed E-state index contributed by atoms with van der Waals surface area (Å²) in [6.45, 7) is 1.43. The van der Waals surface area contributed by atoms with Crippen molar-refractivity contribution in [3.8, 4) is 23.3 Å². The van der Waals surface area contributed by atoms with E-state index in [1.54, 1.807) is 30.3 Å². The average molecular weight is 326 g/mol. The van der Waals surface area contributed by atoms with Crippen LogP contribution < -0.4 is 19.5 Å². The van der Waals surface area contributed by atoms with Gasteiger partial charge < -0.3 is 24.6 Å². The fraction of sp³-hybridized carbons (Fsp3) is 0.278. The summed E-state index contributed by atoms with van der Waals surface area (Å²) >= 11 is 0. The van der Waals surface area contributed by atoms with Crippen molar-refractivity contribution in [3.05, 3.63) is 53.6 Å². The van der Waals surface area contributed by atoms with Crippen LogP contribution in [-0.2, 0) is 6.54 Å². The molecule has 2 N–H and O–H groups in total. The zero-order chi connectivity index (χ0) is 16.8. The van der Waals surface area contributed by atoms with Crippen LogP contribution in [0.25, 0.3) is 0 Å². The van der Waals surface area contributed by atoms with Gasteiger partial charge in [0.25, 0.3) is 0 Å². The summed E-state index contributed by atoms with van der Waals surface area (Å²) in [6.07, 6.45) is -0.631. The first-order chi connectivity index (χ1) is 11.7. The van der Waals surface area contributed by atoms with Gasteiger partial charge in [-0.05, 0) is 29.8 Å². The van der Waals surface area contributed by atoms with Crippen molar-refractivity contribution in [2.75, 3.05) is 19.9 Å². The molecule has 24 heavy (non-hydrogen) atoms. The van der Waals surface area contributed by atoms with E-state index < -0.39 is 6.10 Å². The predicted molar refractivity (Wildman–Crippen MR) is 86.9 cm³/mol. The van der Waals surface area contributed by atoms with Gasteiger partial charge in [0, 0.05) is 19.2 Å². The zero-order valence-corrected chi connectivity index (χ0v) is 13.1. The van der Waals surface area contributed by atoms with Gasteiger partial charge in [0.2, 0.25) is 6.79 Å². The van der Waals surface area contributed by atoms with Crippen LogP contribution >= 0.6 is 0 Å². The molecule has 0 saturated heterocycles. The van der Waals surface area contributed by atoms with E-state index in [1.165, 1.54) is 0 Å². The van der Waals surface area contributed by atoms with Gasteiger partial charge in [0.1, 0.15) is 18.5 Å². The highest BCUT2D eigenvalue weighted by atomic mass is 16.7. The highest BCUT2D eigenvalue weighted by molar-refractivity contribution is 5.46. The monoisotopic (exact) mass is 326 g/mol. The summed E-state index contributed by atoms with van der Waals surface area (Å²) in [5.74, 6) is 1.98. The van der Waals surface area contributed by atoms with Gasteiger partial charge in [-0.25, -0.2) is 0 Å². The van der Waals surface area contributed by atoms with Gasteiger partial charge in [0.15, 0.2) is 11.5 Å². The Morgan fingerprint density at radius 2 is 1.96 bits per heavy atom. The van der Waals surface area contributed by atoms with Crippen molar-refractivity contribution in [3.63, 3.8) is 0 Å². The fourth-order valence-electron chi connectivity index (χ4n) is 2.30. The molecule has 2 aromatic rings. The van der Waals surface area contributed by atoms with Gasteiger partial charge in [-0.15, -0.1) is 0 Å². The summed E-state index contributed by atoms with van der Waals surface area (Å²) in [7, 11) is 0. The molecule has 1 heterocycles. The highest BCUT2D eigenvalue weighted by Crippen LogP contribution is 2.35. The van der Waals surface area contributed by atoms with E-state index in [-0.39, 0.29) is 13.4 Å². The lowest BCUT2D eigenvalue weighted by molar-refractivity contribution is 0.106. The van der Waals surface area contributed by atoms with Gasteiger partial charge in [-0.3, -0.25) is 0 Å². The van der Waals surface area contributed by atoms with E-state index in [2.05, 4.69) is 11.4 Å². The first kappa shape index (κ1) is 16.1. The Kier molecular flexibility index (Phi) is 5.16. The van der Waals surface area contributed by atoms with Crippen LogP contribution in [0.15, 0.2) is 42.5 Å². The minimum atomic E-state index is -0.631. The number of rotatable bonds is 7. The van der Waals surface area contributed by atoms with Crippen LogP contribution in [-0.4, -0.2) is 31.2 Å². The predicted octanol–water partition coefficient (Wildman–Crippen LogP) is 1.82. The standard InChI is InChI=1S/C18H18N2O4/c19-8-13-1-3-14(4-2-13)9-20-10-15(21)11-22-16-5-6-17-18(7-16)24-12-23-17/h1-7,15,20-21H,9-12H2. The lowest BCUT2D eigenvalue weighted by atomic mass is 10.1. The molecule has 6 heteroatoms. The Balaban J connectivity index is 1.39. The average Bonchev–Trinajstić information content (AvgIpc) is 3.08. The SMILES string of the molecule is N#Cc1ccc(CNCC(O)COc2ccc3c(c2)OCO3)cc1. The van der Waals surface area contributed by atoms with Crippen molar-refractivity contribution < 1.29 is 19.3 Å². The minimum Gasteiger partial charge on any atom is -0.491 e. The maximum absolute atomic E-state index is 9.98. The van der Waals surface area contributed by atoms with Crippen molar-refractivity contribution in [1.82, 2.24) is 5.32 Å². The summed E-state index contributed by atoms with van der Waals surface area (Å²) in [4.78, 5) is 0. The van der Waals surface area contributed by atoms with Crippen LogP contribution in [0.4, 0.5) is 0 Å². The van der Waals surface area contributed by atoms with Gasteiger partial charge in [-0.2, -0.15) is 5.26 Å². The van der Waals surface area contributed by atoms with E-state index in [0.717, 1.165) is 5.56 Å². The zero-order valence-electron chi connectivity index (χ0n) is 13.1. The molecule has 124 valence electrons. The number of nitrogens with zero attached hydrogens (tertiary/aromatic N) is 1. The quantitative estimate of drug-likeness (QED) is 0.807. The molecular weight excluding hydrogens is 308 g/mol. The van der Waals surface area contributed by atoms with Crippen molar-refractivity contribution in [2.24, 2.45) is 0 Å². The van der Waals surface area contributed by atoms with Crippen LogP contribution in [0.5, 0.6) is 17.2 Å². The molecule has 0 bridgehead atoms. The first-order valence-electron chi connectivity index (χ1n) is 7.65. The molecule has 1 unspecified atom stereocenters. The Morgan fingerprint density at radius 3 is 2.75 bits per heavy atom. The van der Waals surface area contributed by atoms with E-state index in [1.807, 2.05) is 12.1 Å². The van der Waals surface area contributed by atoms with Gasteiger partial charge in [-0.1, -0.05) is 12.1 Å². The third-order valence-electron chi connectivity index (χ3n) is 3.58. The number of hydrogen-bond donors (Lipinski definition) is 2. The van der Waals surface area contributed by atoms with Gasteiger partial charge in [0.05, 0.1) is 11.6 Å². The van der Waals surface area contributed by atoms with Crippen LogP contribution in [0, 0.1) is 11.3 Å². The topological polar surface area (TPSA) is 83.7 Å². The molecule has 6 nitrogen and oxygen atoms in total. The fourth-order valence-corrected chi connectivity index (χ4v) is 2.30. The molecule has 3 rings (SSSR count). The number of benzene rings is 2. The summed E-state index contributed by atoms with van der Waals surface area (Å²) < 4.78 is 16.1. The van der Waals surface area contributed by atoms with Crippen LogP contribution in [0.2, 0.25) is 0 Å². The van der Waals surface area contributed by atoms with Crippen molar-refractivity contribution in [1.29, 1.82) is 5.26 Å². The first-order valence-corrected chi connectivity index (χ1v) is 7.65. The molecule has 0 radical (unpaired) electrons. The molecular formula is C18H18N2O4. The van der Waals surface area contributed by atoms with E-state index >= 15 is 0 Å². The third kappa shape index (κ3) is 4.16. The molecule has 0 amide bonds. The molecule has 0 spiro atoms. The largest absolute Gasteiger partial charge is 0.491 e. The number of aliphatic hydroxyl groups excluding tert-OH is 1. The van der Waals surface area contributed by atoms with Crippen molar-refractivity contribution in [2.45, 2.75) is 12.6 Å². The second-order valence-corrected chi connectivity index (χ2v) is 5.42. The molecule has 0 aromatic heterocycles. The second-order valence-electron chi connectivity index (χ2n) is 5.42. The summed E-state index contributed by atoms with van der Waals surface area (Å²) in [5, 5.41) is 21.9.